The van der Waals surface area contributed by atoms with Crippen molar-refractivity contribution < 1.29 is 13.5 Å². The molecule has 0 radical (unpaired) electrons. The largest absolute Gasteiger partial charge is 0.437 e. The van der Waals surface area contributed by atoms with E-state index in [0.717, 1.165) is 27.3 Å². The first-order chi connectivity index (χ1) is 14.6. The summed E-state index contributed by atoms with van der Waals surface area (Å²) < 4.78 is 24.6. The molecule has 30 heavy (non-hydrogen) atoms. The number of fused-ring (bicyclic) bond motifs is 2. The predicted octanol–water partition coefficient (Wildman–Crippen LogP) is 5.64. The maximum Gasteiger partial charge on any atom is 0.336 e. The lowest BCUT2D eigenvalue weighted by atomic mass is 10.0. The lowest BCUT2D eigenvalue weighted by molar-refractivity contribution is 0.460. The van der Waals surface area contributed by atoms with E-state index in [1.54, 1.807) is 24.3 Å². The van der Waals surface area contributed by atoms with Gasteiger partial charge in [0.1, 0.15) is 22.8 Å². The Morgan fingerprint density at radius 1 is 0.867 bits per heavy atom. The molecule has 0 unspecified atom stereocenters. The predicted molar refractivity (Wildman–Crippen MR) is 112 cm³/mol. The number of hydrogen-bond acceptors (Lipinski definition) is 5. The van der Waals surface area contributed by atoms with Gasteiger partial charge in [-0.15, -0.1) is 10.2 Å². The summed E-state index contributed by atoms with van der Waals surface area (Å²) in [6, 6.07) is 20.4. The lowest BCUT2D eigenvalue weighted by Gasteiger charge is -2.11. The van der Waals surface area contributed by atoms with Gasteiger partial charge in [0.15, 0.2) is 0 Å². The molecule has 0 saturated heterocycles. The molecule has 2 heterocycles. The third-order valence-electron chi connectivity index (χ3n) is 4.91. The van der Waals surface area contributed by atoms with E-state index in [1.807, 2.05) is 37.3 Å². The molecule has 0 aliphatic rings. The van der Waals surface area contributed by atoms with Gasteiger partial charge in [0, 0.05) is 33.9 Å². The molecule has 3 aromatic carbocycles. The van der Waals surface area contributed by atoms with Crippen LogP contribution in [0.25, 0.3) is 33.0 Å². The Morgan fingerprint density at radius 2 is 1.63 bits per heavy atom. The highest BCUT2D eigenvalue weighted by molar-refractivity contribution is 5.97. The fourth-order valence-corrected chi connectivity index (χ4v) is 3.46. The standard InChI is InChI=1S/C24H15FN2O3/c1-14-12-22(28)30-21-13-17(10-11-18(14)21)29-24-20-5-3-2-4-19(20)23(26-27-24)15-6-8-16(25)9-7-15/h2-13H,1H3. The highest BCUT2D eigenvalue weighted by atomic mass is 19.1. The normalized spacial score (nSPS) is 11.1. The Balaban J connectivity index is 1.60. The Kier molecular flexibility index (Phi) is 4.25. The highest BCUT2D eigenvalue weighted by Crippen LogP contribution is 2.33. The van der Waals surface area contributed by atoms with Gasteiger partial charge in [0.25, 0.3) is 0 Å². The van der Waals surface area contributed by atoms with Gasteiger partial charge in [-0.2, -0.15) is 0 Å². The molecule has 0 aliphatic carbocycles. The molecule has 5 nitrogen and oxygen atoms in total. The minimum absolute atomic E-state index is 0.311. The molecule has 0 fully saturated rings. The fourth-order valence-electron chi connectivity index (χ4n) is 3.46. The monoisotopic (exact) mass is 398 g/mol. The van der Waals surface area contributed by atoms with E-state index in [2.05, 4.69) is 10.2 Å². The molecule has 0 bridgehead atoms. The summed E-state index contributed by atoms with van der Waals surface area (Å²) in [6.07, 6.45) is 0. The molecule has 6 heteroatoms. The Bertz CT molecular complexity index is 1460. The summed E-state index contributed by atoms with van der Waals surface area (Å²) >= 11 is 0. The number of nitrogens with zero attached hydrogens (tertiary/aromatic N) is 2. The Labute approximate surface area is 170 Å². The number of ether oxygens (including phenoxy) is 1. The van der Waals surface area contributed by atoms with Crippen LogP contribution >= 0.6 is 0 Å². The Hall–Kier alpha value is -4.06. The molecule has 0 atom stereocenters. The minimum Gasteiger partial charge on any atom is -0.437 e. The molecule has 5 rings (SSSR count). The average Bonchev–Trinajstić information content (AvgIpc) is 2.74. The van der Waals surface area contributed by atoms with Crippen molar-refractivity contribution in [3.63, 3.8) is 0 Å². The van der Waals surface area contributed by atoms with Crippen molar-refractivity contribution in [3.8, 4) is 22.9 Å². The van der Waals surface area contributed by atoms with E-state index < -0.39 is 5.63 Å². The van der Waals surface area contributed by atoms with Gasteiger partial charge >= 0.3 is 5.63 Å². The van der Waals surface area contributed by atoms with Gasteiger partial charge in [-0.25, -0.2) is 9.18 Å². The molecular formula is C24H15FN2O3. The second-order valence-corrected chi connectivity index (χ2v) is 6.91. The molecular weight excluding hydrogens is 383 g/mol. The second-order valence-electron chi connectivity index (χ2n) is 6.91. The van der Waals surface area contributed by atoms with Gasteiger partial charge in [-0.3, -0.25) is 0 Å². The van der Waals surface area contributed by atoms with Gasteiger partial charge in [-0.1, -0.05) is 18.2 Å². The molecule has 0 spiro atoms. The summed E-state index contributed by atoms with van der Waals surface area (Å²) in [5, 5.41) is 11.0. The third kappa shape index (κ3) is 3.18. The van der Waals surface area contributed by atoms with E-state index in [-0.39, 0.29) is 5.82 Å². The number of rotatable bonds is 3. The van der Waals surface area contributed by atoms with Gasteiger partial charge in [0.2, 0.25) is 5.88 Å². The molecule has 0 N–H and O–H groups in total. The van der Waals surface area contributed by atoms with Gasteiger partial charge in [-0.05, 0) is 55.0 Å². The van der Waals surface area contributed by atoms with Gasteiger partial charge in [0.05, 0.1) is 0 Å². The van der Waals surface area contributed by atoms with Gasteiger partial charge < -0.3 is 9.15 Å². The van der Waals surface area contributed by atoms with Crippen LogP contribution in [0.4, 0.5) is 4.39 Å². The van der Waals surface area contributed by atoms with E-state index in [1.165, 1.54) is 18.2 Å². The zero-order valence-corrected chi connectivity index (χ0v) is 15.9. The number of aromatic nitrogens is 2. The lowest BCUT2D eigenvalue weighted by Crippen LogP contribution is -1.98. The van der Waals surface area contributed by atoms with E-state index in [0.29, 0.717) is 22.9 Å². The van der Waals surface area contributed by atoms with Crippen LogP contribution < -0.4 is 10.4 Å². The van der Waals surface area contributed by atoms with Crippen molar-refractivity contribution in [1.29, 1.82) is 0 Å². The molecule has 0 aliphatic heterocycles. The van der Waals surface area contributed by atoms with Crippen LogP contribution in [0.1, 0.15) is 5.56 Å². The summed E-state index contributed by atoms with van der Waals surface area (Å²) in [4.78, 5) is 11.7. The molecule has 146 valence electrons. The van der Waals surface area contributed by atoms with Crippen LogP contribution in [-0.4, -0.2) is 10.2 Å². The molecule has 0 amide bonds. The van der Waals surface area contributed by atoms with Crippen LogP contribution in [0.3, 0.4) is 0 Å². The molecule has 0 saturated carbocycles. The first kappa shape index (κ1) is 18.0. The first-order valence-electron chi connectivity index (χ1n) is 9.32. The average molecular weight is 398 g/mol. The van der Waals surface area contributed by atoms with Crippen molar-refractivity contribution in [1.82, 2.24) is 10.2 Å². The number of aryl methyl sites for hydroxylation is 1. The zero-order chi connectivity index (χ0) is 20.7. The fraction of sp³-hybridized carbons (Fsp3) is 0.0417. The maximum atomic E-state index is 13.3. The van der Waals surface area contributed by atoms with Crippen molar-refractivity contribution in [2.24, 2.45) is 0 Å². The summed E-state index contributed by atoms with van der Waals surface area (Å²) in [6.45, 7) is 1.85. The molecule has 5 aromatic rings. The highest BCUT2D eigenvalue weighted by Gasteiger charge is 2.13. The number of halogens is 1. The van der Waals surface area contributed by atoms with Crippen LogP contribution in [0.15, 0.2) is 82.0 Å². The SMILES string of the molecule is Cc1cc(=O)oc2cc(Oc3nnc(-c4ccc(F)cc4)c4ccccc34)ccc12. The summed E-state index contributed by atoms with van der Waals surface area (Å²) in [7, 11) is 0. The smallest absolute Gasteiger partial charge is 0.336 e. The third-order valence-corrected chi connectivity index (χ3v) is 4.91. The van der Waals surface area contributed by atoms with E-state index >= 15 is 0 Å². The van der Waals surface area contributed by atoms with Crippen molar-refractivity contribution >= 4 is 21.7 Å². The van der Waals surface area contributed by atoms with Crippen molar-refractivity contribution in [3.05, 3.63) is 94.6 Å². The number of benzene rings is 3. The topological polar surface area (TPSA) is 65.2 Å². The number of hydrogen-bond donors (Lipinski definition) is 0. The Morgan fingerprint density at radius 3 is 2.43 bits per heavy atom. The second kappa shape index (κ2) is 7.08. The summed E-state index contributed by atoms with van der Waals surface area (Å²) in [5.74, 6) is 0.491. The molecule has 2 aromatic heterocycles. The van der Waals surface area contributed by atoms with E-state index in [9.17, 15) is 9.18 Å². The summed E-state index contributed by atoms with van der Waals surface area (Å²) in [5.41, 5.74) is 2.26. The van der Waals surface area contributed by atoms with Crippen LogP contribution in [-0.2, 0) is 0 Å². The first-order valence-corrected chi connectivity index (χ1v) is 9.32. The quantitative estimate of drug-likeness (QED) is 0.368. The van der Waals surface area contributed by atoms with Crippen molar-refractivity contribution in [2.45, 2.75) is 6.92 Å². The van der Waals surface area contributed by atoms with Crippen LogP contribution in [0, 0.1) is 12.7 Å². The minimum atomic E-state index is -0.411. The van der Waals surface area contributed by atoms with Crippen LogP contribution in [0.5, 0.6) is 11.6 Å². The maximum absolute atomic E-state index is 13.3. The van der Waals surface area contributed by atoms with Crippen LogP contribution in [0.2, 0.25) is 0 Å². The zero-order valence-electron chi connectivity index (χ0n) is 15.9. The van der Waals surface area contributed by atoms with Crippen molar-refractivity contribution in [2.75, 3.05) is 0 Å². The van der Waals surface area contributed by atoms with E-state index in [4.69, 9.17) is 9.15 Å².